The predicted octanol–water partition coefficient (Wildman–Crippen LogP) is 1.68. The van der Waals surface area contributed by atoms with Crippen LogP contribution in [0.1, 0.15) is 47.0 Å². The van der Waals surface area contributed by atoms with E-state index in [4.69, 9.17) is 0 Å². The smallest absolute Gasteiger partial charge is 0.240 e. The Bertz CT molecular complexity index is 220. The van der Waals surface area contributed by atoms with Crippen molar-refractivity contribution in [2.45, 2.75) is 58.5 Å². The van der Waals surface area contributed by atoms with Crippen LogP contribution in [-0.2, 0) is 4.79 Å². The summed E-state index contributed by atoms with van der Waals surface area (Å²) >= 11 is 0. The number of rotatable bonds is 4. The lowest BCUT2D eigenvalue weighted by Gasteiger charge is -2.26. The van der Waals surface area contributed by atoms with E-state index in [0.29, 0.717) is 5.92 Å². The molecule has 1 fully saturated rings. The summed E-state index contributed by atoms with van der Waals surface area (Å²) in [6.45, 7) is 9.40. The van der Waals surface area contributed by atoms with E-state index < -0.39 is 0 Å². The Morgan fingerprint density at radius 3 is 2.60 bits per heavy atom. The third-order valence-electron chi connectivity index (χ3n) is 3.07. The normalized spacial score (nSPS) is 28.1. The molecule has 0 aromatic carbocycles. The highest BCUT2D eigenvalue weighted by molar-refractivity contribution is 5.86. The van der Waals surface area contributed by atoms with Gasteiger partial charge in [-0.15, -0.1) is 0 Å². The summed E-state index contributed by atoms with van der Waals surface area (Å²) in [5.74, 6) is 0.790. The minimum atomic E-state index is -0.328. The van der Waals surface area contributed by atoms with E-state index >= 15 is 0 Å². The second-order valence-corrected chi connectivity index (χ2v) is 5.37. The van der Waals surface area contributed by atoms with Crippen molar-refractivity contribution in [1.29, 1.82) is 0 Å². The van der Waals surface area contributed by atoms with Crippen LogP contribution in [0, 0.1) is 5.92 Å². The highest BCUT2D eigenvalue weighted by atomic mass is 16.2. The number of hydrogen-bond acceptors (Lipinski definition) is 2. The highest BCUT2D eigenvalue weighted by Crippen LogP contribution is 2.19. The van der Waals surface area contributed by atoms with Crippen LogP contribution < -0.4 is 10.6 Å². The Hall–Kier alpha value is -0.570. The van der Waals surface area contributed by atoms with E-state index in [-0.39, 0.29) is 17.5 Å². The molecule has 0 bridgehead atoms. The van der Waals surface area contributed by atoms with Crippen molar-refractivity contribution in [2.75, 3.05) is 6.54 Å². The second-order valence-electron chi connectivity index (χ2n) is 5.37. The molecule has 2 N–H and O–H groups in total. The van der Waals surface area contributed by atoms with Gasteiger partial charge in [0.15, 0.2) is 0 Å². The van der Waals surface area contributed by atoms with Crippen molar-refractivity contribution in [2.24, 2.45) is 5.92 Å². The molecule has 88 valence electrons. The lowest BCUT2D eigenvalue weighted by molar-refractivity contribution is -0.127. The summed E-state index contributed by atoms with van der Waals surface area (Å²) in [5.41, 5.74) is -0.328. The zero-order valence-corrected chi connectivity index (χ0v) is 10.4. The molecule has 0 saturated carbocycles. The standard InChI is InChI=1S/C12H24N2O/c1-9(2)8-10(3)14-11(15)12(4)6-5-7-13-12/h9-10,13H,5-8H2,1-4H3,(H,14,15)/t10-,12-/m0/s1. The topological polar surface area (TPSA) is 41.1 Å². The molecule has 3 heteroatoms. The molecule has 2 atom stereocenters. The molecule has 0 unspecified atom stereocenters. The van der Waals surface area contributed by atoms with Gasteiger partial charge < -0.3 is 10.6 Å². The molecule has 3 nitrogen and oxygen atoms in total. The van der Waals surface area contributed by atoms with Crippen LogP contribution in [0.15, 0.2) is 0 Å². The van der Waals surface area contributed by atoms with Crippen molar-refractivity contribution in [3.05, 3.63) is 0 Å². The first-order chi connectivity index (χ1) is 6.94. The van der Waals surface area contributed by atoms with E-state index in [0.717, 1.165) is 25.8 Å². The summed E-state index contributed by atoms with van der Waals surface area (Å²) in [4.78, 5) is 12.0. The Kier molecular flexibility index (Phi) is 4.14. The Morgan fingerprint density at radius 1 is 1.47 bits per heavy atom. The Morgan fingerprint density at radius 2 is 2.13 bits per heavy atom. The number of hydrogen-bond donors (Lipinski definition) is 2. The van der Waals surface area contributed by atoms with Gasteiger partial charge in [0.2, 0.25) is 5.91 Å². The lowest BCUT2D eigenvalue weighted by atomic mass is 9.98. The first kappa shape index (κ1) is 12.5. The van der Waals surface area contributed by atoms with Crippen molar-refractivity contribution < 1.29 is 4.79 Å². The third-order valence-corrected chi connectivity index (χ3v) is 3.07. The fraction of sp³-hybridized carbons (Fsp3) is 0.917. The maximum Gasteiger partial charge on any atom is 0.240 e. The summed E-state index contributed by atoms with van der Waals surface area (Å²) < 4.78 is 0. The van der Waals surface area contributed by atoms with Gasteiger partial charge in [-0.3, -0.25) is 4.79 Å². The van der Waals surface area contributed by atoms with Crippen LogP contribution in [0.3, 0.4) is 0 Å². The van der Waals surface area contributed by atoms with Crippen LogP contribution in [0.25, 0.3) is 0 Å². The lowest BCUT2D eigenvalue weighted by Crippen LogP contribution is -2.53. The van der Waals surface area contributed by atoms with E-state index in [1.165, 1.54) is 0 Å². The summed E-state index contributed by atoms with van der Waals surface area (Å²) in [7, 11) is 0. The Labute approximate surface area is 93.0 Å². The maximum atomic E-state index is 12.0. The van der Waals surface area contributed by atoms with Gasteiger partial charge in [-0.25, -0.2) is 0 Å². The first-order valence-electron chi connectivity index (χ1n) is 6.00. The second kappa shape index (κ2) is 4.97. The zero-order chi connectivity index (χ0) is 11.5. The SMILES string of the molecule is CC(C)C[C@H](C)NC(=O)[C@]1(C)CCCN1. The highest BCUT2D eigenvalue weighted by Gasteiger charge is 2.36. The number of amides is 1. The molecule has 0 aromatic rings. The van der Waals surface area contributed by atoms with Gasteiger partial charge in [-0.05, 0) is 45.6 Å². The summed E-state index contributed by atoms with van der Waals surface area (Å²) in [6, 6.07) is 0.275. The third kappa shape index (κ3) is 3.49. The quantitative estimate of drug-likeness (QED) is 0.744. The van der Waals surface area contributed by atoms with Crippen LogP contribution in [0.5, 0.6) is 0 Å². The van der Waals surface area contributed by atoms with Gasteiger partial charge in [-0.2, -0.15) is 0 Å². The molecule has 1 amide bonds. The fourth-order valence-electron chi connectivity index (χ4n) is 2.24. The molecule has 1 aliphatic heterocycles. The molecule has 0 spiro atoms. The largest absolute Gasteiger partial charge is 0.352 e. The van der Waals surface area contributed by atoms with Gasteiger partial charge in [0.1, 0.15) is 0 Å². The van der Waals surface area contributed by atoms with Crippen molar-refractivity contribution >= 4 is 5.91 Å². The van der Waals surface area contributed by atoms with Crippen LogP contribution in [-0.4, -0.2) is 24.0 Å². The molecule has 0 aliphatic carbocycles. The zero-order valence-electron chi connectivity index (χ0n) is 10.4. The van der Waals surface area contributed by atoms with Crippen molar-refractivity contribution in [3.63, 3.8) is 0 Å². The van der Waals surface area contributed by atoms with Crippen LogP contribution in [0.4, 0.5) is 0 Å². The maximum absolute atomic E-state index is 12.0. The minimum absolute atomic E-state index is 0.160. The van der Waals surface area contributed by atoms with Crippen molar-refractivity contribution in [3.8, 4) is 0 Å². The first-order valence-corrected chi connectivity index (χ1v) is 6.00. The van der Waals surface area contributed by atoms with Crippen LogP contribution in [0.2, 0.25) is 0 Å². The molecule has 0 aromatic heterocycles. The monoisotopic (exact) mass is 212 g/mol. The molecular weight excluding hydrogens is 188 g/mol. The summed E-state index contributed by atoms with van der Waals surface area (Å²) in [5, 5.41) is 6.37. The van der Waals surface area contributed by atoms with Gasteiger partial charge in [0.25, 0.3) is 0 Å². The van der Waals surface area contributed by atoms with E-state index in [1.807, 2.05) is 6.92 Å². The van der Waals surface area contributed by atoms with Crippen molar-refractivity contribution in [1.82, 2.24) is 10.6 Å². The van der Waals surface area contributed by atoms with Gasteiger partial charge in [-0.1, -0.05) is 13.8 Å². The van der Waals surface area contributed by atoms with Gasteiger partial charge in [0.05, 0.1) is 5.54 Å². The number of nitrogens with one attached hydrogen (secondary N) is 2. The predicted molar refractivity (Wildman–Crippen MR) is 62.7 cm³/mol. The molecule has 1 aliphatic rings. The molecule has 1 rings (SSSR count). The fourth-order valence-corrected chi connectivity index (χ4v) is 2.24. The number of carbonyl (C=O) groups is 1. The molecule has 1 saturated heterocycles. The van der Waals surface area contributed by atoms with E-state index in [9.17, 15) is 4.79 Å². The average molecular weight is 212 g/mol. The van der Waals surface area contributed by atoms with Gasteiger partial charge in [0, 0.05) is 6.04 Å². The van der Waals surface area contributed by atoms with Crippen LogP contribution >= 0.6 is 0 Å². The number of carbonyl (C=O) groups excluding carboxylic acids is 1. The van der Waals surface area contributed by atoms with Gasteiger partial charge >= 0.3 is 0 Å². The molecule has 0 radical (unpaired) electrons. The molecular formula is C12H24N2O. The van der Waals surface area contributed by atoms with E-state index in [1.54, 1.807) is 0 Å². The molecule has 1 heterocycles. The summed E-state index contributed by atoms with van der Waals surface area (Å²) in [6.07, 6.45) is 3.09. The minimum Gasteiger partial charge on any atom is -0.352 e. The average Bonchev–Trinajstić information content (AvgIpc) is 2.51. The molecule has 15 heavy (non-hydrogen) atoms. The van der Waals surface area contributed by atoms with E-state index in [2.05, 4.69) is 31.4 Å². The Balaban J connectivity index is 2.40.